The van der Waals surface area contributed by atoms with Crippen molar-refractivity contribution >= 4 is 60.8 Å². The first-order valence-electron chi connectivity index (χ1n) is 9.76. The smallest absolute Gasteiger partial charge is 0.234 e. The average molecular weight is 522 g/mol. The number of aromatic nitrogens is 2. The van der Waals surface area contributed by atoms with Gasteiger partial charge in [-0.1, -0.05) is 64.1 Å². The van der Waals surface area contributed by atoms with Crippen molar-refractivity contribution in [1.29, 1.82) is 0 Å². The number of halogens is 1. The number of thiazole rings is 1. The van der Waals surface area contributed by atoms with Gasteiger partial charge in [-0.25, -0.2) is 9.97 Å². The van der Waals surface area contributed by atoms with Gasteiger partial charge in [0.15, 0.2) is 10.8 Å². The normalized spacial score (nSPS) is 11.0. The number of carbonyl (C=O) groups excluding carboxylic acids is 1. The second-order valence-corrected chi connectivity index (χ2v) is 9.75. The second-order valence-electron chi connectivity index (χ2n) is 6.86. The molecule has 3 aromatic carbocycles. The van der Waals surface area contributed by atoms with Gasteiger partial charge in [-0.05, 0) is 42.5 Å². The monoisotopic (exact) mass is 521 g/mol. The van der Waals surface area contributed by atoms with Gasteiger partial charge in [0, 0.05) is 15.7 Å². The third-order valence-electron chi connectivity index (χ3n) is 4.56. The number of nitrogens with one attached hydrogen (secondary N) is 1. The number of thioether (sulfide) groups is 1. The van der Waals surface area contributed by atoms with Crippen molar-refractivity contribution in [2.75, 3.05) is 11.1 Å². The maximum absolute atomic E-state index is 12.5. The zero-order valence-corrected chi connectivity index (χ0v) is 19.8. The van der Waals surface area contributed by atoms with E-state index in [2.05, 4.69) is 21.2 Å². The van der Waals surface area contributed by atoms with Gasteiger partial charge in [-0.15, -0.1) is 11.3 Å². The van der Waals surface area contributed by atoms with E-state index in [1.165, 1.54) is 11.8 Å². The Morgan fingerprint density at radius 3 is 2.62 bits per heavy atom. The van der Waals surface area contributed by atoms with E-state index in [1.54, 1.807) is 11.3 Å². The Kier molecular flexibility index (Phi) is 6.07. The highest BCUT2D eigenvalue weighted by atomic mass is 79.9. The molecular weight excluding hydrogens is 506 g/mol. The minimum Gasteiger partial charge on any atom is -0.429 e. The number of carbonyl (C=O) groups is 1. The molecule has 2 heterocycles. The fourth-order valence-corrected chi connectivity index (χ4v) is 5.28. The highest BCUT2D eigenvalue weighted by Gasteiger charge is 2.21. The van der Waals surface area contributed by atoms with E-state index in [4.69, 9.17) is 14.4 Å². The minimum atomic E-state index is -0.124. The minimum absolute atomic E-state index is 0.124. The van der Waals surface area contributed by atoms with Gasteiger partial charge < -0.3 is 9.73 Å². The van der Waals surface area contributed by atoms with Gasteiger partial charge in [-0.2, -0.15) is 0 Å². The Balaban J connectivity index is 1.43. The van der Waals surface area contributed by atoms with Crippen molar-refractivity contribution in [3.63, 3.8) is 0 Å². The first kappa shape index (κ1) is 20.9. The lowest BCUT2D eigenvalue weighted by Gasteiger charge is -2.05. The summed E-state index contributed by atoms with van der Waals surface area (Å²) in [5, 5.41) is 4.25. The van der Waals surface area contributed by atoms with Gasteiger partial charge in [0.25, 0.3) is 0 Å². The molecule has 158 valence electrons. The van der Waals surface area contributed by atoms with E-state index < -0.39 is 0 Å². The lowest BCUT2D eigenvalue weighted by molar-refractivity contribution is -0.113. The molecule has 0 fully saturated rings. The third kappa shape index (κ3) is 4.62. The van der Waals surface area contributed by atoms with Gasteiger partial charge in [0.1, 0.15) is 5.01 Å². The van der Waals surface area contributed by atoms with Crippen molar-refractivity contribution < 1.29 is 9.21 Å². The summed E-state index contributed by atoms with van der Waals surface area (Å²) in [6.45, 7) is 0. The molecule has 5 rings (SSSR count). The fraction of sp³-hybridized carbons (Fsp3) is 0.0417. The fourth-order valence-electron chi connectivity index (χ4n) is 3.11. The van der Waals surface area contributed by atoms with Crippen molar-refractivity contribution in [2.24, 2.45) is 0 Å². The maximum atomic E-state index is 12.5. The number of para-hydroxylation sites is 1. The van der Waals surface area contributed by atoms with Crippen LogP contribution < -0.4 is 5.32 Å². The van der Waals surface area contributed by atoms with Crippen LogP contribution >= 0.6 is 39.0 Å². The van der Waals surface area contributed by atoms with Gasteiger partial charge in [-0.3, -0.25) is 4.79 Å². The van der Waals surface area contributed by atoms with Crippen molar-refractivity contribution in [3.8, 4) is 22.2 Å². The Labute approximate surface area is 201 Å². The van der Waals surface area contributed by atoms with E-state index in [1.807, 2.05) is 78.9 Å². The number of anilines is 1. The van der Waals surface area contributed by atoms with Crippen LogP contribution in [0.5, 0.6) is 0 Å². The third-order valence-corrected chi connectivity index (χ3v) is 7.04. The molecule has 8 heteroatoms. The molecule has 1 amide bonds. The summed E-state index contributed by atoms with van der Waals surface area (Å²) in [6.07, 6.45) is 0. The number of hydrogen-bond acceptors (Lipinski definition) is 6. The predicted octanol–water partition coefficient (Wildman–Crippen LogP) is 7.11. The standard InChI is InChI=1S/C24H16BrN3O2S2/c25-16-9-6-10-17(13-16)26-20(29)14-31-24-21(23-27-18-11-4-5-12-19(18)32-23)28-22(30-24)15-7-2-1-3-8-15/h1-13H,14H2,(H,26,29). The molecule has 5 aromatic rings. The summed E-state index contributed by atoms with van der Waals surface area (Å²) in [5.41, 5.74) is 3.18. The highest BCUT2D eigenvalue weighted by molar-refractivity contribution is 9.10. The van der Waals surface area contributed by atoms with E-state index in [0.29, 0.717) is 16.7 Å². The molecular formula is C24H16BrN3O2S2. The molecule has 1 N–H and O–H groups in total. The average Bonchev–Trinajstić information content (AvgIpc) is 3.42. The van der Waals surface area contributed by atoms with E-state index in [0.717, 1.165) is 30.9 Å². The summed E-state index contributed by atoms with van der Waals surface area (Å²) < 4.78 is 8.09. The molecule has 0 unspecified atom stereocenters. The topological polar surface area (TPSA) is 68.0 Å². The summed E-state index contributed by atoms with van der Waals surface area (Å²) in [4.78, 5) is 22.0. The van der Waals surface area contributed by atoms with E-state index in [9.17, 15) is 4.79 Å². The largest absolute Gasteiger partial charge is 0.429 e. The number of rotatable bonds is 6. The number of benzene rings is 3. The van der Waals surface area contributed by atoms with Crippen LogP contribution in [0.25, 0.3) is 32.4 Å². The number of nitrogens with zero attached hydrogens (tertiary/aromatic N) is 2. The van der Waals surface area contributed by atoms with Crippen LogP contribution in [0.1, 0.15) is 0 Å². The van der Waals surface area contributed by atoms with Crippen LogP contribution in [-0.2, 0) is 4.79 Å². The zero-order chi connectivity index (χ0) is 21.9. The van der Waals surface area contributed by atoms with Crippen LogP contribution in [-0.4, -0.2) is 21.6 Å². The van der Waals surface area contributed by atoms with E-state index in [-0.39, 0.29) is 11.7 Å². The van der Waals surface area contributed by atoms with Crippen LogP contribution in [0.3, 0.4) is 0 Å². The molecule has 0 saturated carbocycles. The van der Waals surface area contributed by atoms with Crippen LogP contribution in [0.2, 0.25) is 0 Å². The first-order chi connectivity index (χ1) is 15.7. The molecule has 0 saturated heterocycles. The SMILES string of the molecule is O=C(CSc1oc(-c2ccccc2)nc1-c1nc2ccccc2s1)Nc1cccc(Br)c1. The zero-order valence-electron chi connectivity index (χ0n) is 16.6. The molecule has 0 aliphatic heterocycles. The number of oxazole rings is 1. The Hall–Kier alpha value is -2.94. The summed E-state index contributed by atoms with van der Waals surface area (Å²) in [5.74, 6) is 0.573. The van der Waals surface area contributed by atoms with Crippen LogP contribution in [0.4, 0.5) is 5.69 Å². The summed E-state index contributed by atoms with van der Waals surface area (Å²) >= 11 is 6.29. The van der Waals surface area contributed by atoms with Gasteiger partial charge in [0.05, 0.1) is 16.0 Å². The number of fused-ring (bicyclic) bond motifs is 1. The summed E-state index contributed by atoms with van der Waals surface area (Å²) in [7, 11) is 0. The predicted molar refractivity (Wildman–Crippen MR) is 134 cm³/mol. The Bertz CT molecular complexity index is 1370. The summed E-state index contributed by atoms with van der Waals surface area (Å²) in [6, 6.07) is 25.2. The quantitative estimate of drug-likeness (QED) is 0.241. The molecule has 5 nitrogen and oxygen atoms in total. The molecule has 2 aromatic heterocycles. The van der Waals surface area contributed by atoms with Crippen molar-refractivity contribution in [1.82, 2.24) is 9.97 Å². The Morgan fingerprint density at radius 1 is 1.00 bits per heavy atom. The van der Waals surface area contributed by atoms with Crippen molar-refractivity contribution in [3.05, 3.63) is 83.3 Å². The van der Waals surface area contributed by atoms with Crippen LogP contribution in [0.15, 0.2) is 92.8 Å². The molecule has 0 spiro atoms. The van der Waals surface area contributed by atoms with E-state index >= 15 is 0 Å². The number of hydrogen-bond donors (Lipinski definition) is 1. The Morgan fingerprint density at radius 2 is 1.81 bits per heavy atom. The lowest BCUT2D eigenvalue weighted by Crippen LogP contribution is -2.13. The maximum Gasteiger partial charge on any atom is 0.234 e. The van der Waals surface area contributed by atoms with Crippen molar-refractivity contribution in [2.45, 2.75) is 5.09 Å². The molecule has 0 aliphatic rings. The molecule has 32 heavy (non-hydrogen) atoms. The lowest BCUT2D eigenvalue weighted by atomic mass is 10.2. The first-order valence-corrected chi connectivity index (χ1v) is 12.4. The molecule has 0 radical (unpaired) electrons. The number of amides is 1. The highest BCUT2D eigenvalue weighted by Crippen LogP contribution is 2.38. The molecule has 0 bridgehead atoms. The van der Waals surface area contributed by atoms with Crippen LogP contribution in [0, 0.1) is 0 Å². The van der Waals surface area contributed by atoms with Gasteiger partial charge >= 0.3 is 0 Å². The van der Waals surface area contributed by atoms with Gasteiger partial charge in [0.2, 0.25) is 11.8 Å². The second kappa shape index (κ2) is 9.28. The molecule has 0 aliphatic carbocycles. The molecule has 0 atom stereocenters.